The van der Waals surface area contributed by atoms with E-state index in [-0.39, 0.29) is 32.5 Å². The molecule has 0 N–H and O–H groups in total. The van der Waals surface area contributed by atoms with Crippen molar-refractivity contribution in [2.45, 2.75) is 6.92 Å². The monoisotopic (exact) mass is 409 g/mol. The molecule has 0 aliphatic heterocycles. The summed E-state index contributed by atoms with van der Waals surface area (Å²) < 4.78 is 22.4. The number of nitro groups is 1. The number of rotatable bonds is 5. The van der Waals surface area contributed by atoms with Gasteiger partial charge in [-0.2, -0.15) is 0 Å². The quantitative estimate of drug-likeness (QED) is 0.374. The van der Waals surface area contributed by atoms with Crippen LogP contribution < -0.4 is 10.0 Å². The highest BCUT2D eigenvalue weighted by atomic mass is 35.5. The van der Waals surface area contributed by atoms with E-state index in [9.17, 15) is 14.7 Å². The number of nitrogens with zero attached hydrogens (tertiary/aromatic N) is 1. The van der Waals surface area contributed by atoms with Gasteiger partial charge in [-0.25, -0.2) is 0 Å². The minimum atomic E-state index is -2.80. The topological polar surface area (TPSA) is 78.7 Å². The SMILES string of the molecule is CO[PH](=O)c1cc(Oc2c(Cl)cc(Cl)cc2Cl)c(C)cc1[N+](=O)[O-]. The number of hydrogen-bond acceptors (Lipinski definition) is 5. The molecule has 0 aliphatic rings. The molecule has 24 heavy (non-hydrogen) atoms. The van der Waals surface area contributed by atoms with Crippen LogP contribution in [0.1, 0.15) is 5.56 Å². The van der Waals surface area contributed by atoms with Crippen LogP contribution in [0.4, 0.5) is 5.69 Å². The zero-order chi connectivity index (χ0) is 18.0. The molecule has 0 heterocycles. The molecule has 1 atom stereocenters. The second-order valence-electron chi connectivity index (χ2n) is 4.68. The van der Waals surface area contributed by atoms with Gasteiger partial charge in [0.25, 0.3) is 5.69 Å². The lowest BCUT2D eigenvalue weighted by Crippen LogP contribution is -2.08. The first-order chi connectivity index (χ1) is 11.2. The van der Waals surface area contributed by atoms with E-state index in [0.717, 1.165) is 0 Å². The van der Waals surface area contributed by atoms with Crippen LogP contribution in [0, 0.1) is 17.0 Å². The lowest BCUT2D eigenvalue weighted by atomic mass is 10.2. The summed E-state index contributed by atoms with van der Waals surface area (Å²) in [6, 6.07) is 5.44. The highest BCUT2D eigenvalue weighted by molar-refractivity contribution is 7.48. The molecule has 0 fully saturated rings. The second kappa shape index (κ2) is 7.72. The van der Waals surface area contributed by atoms with Crippen molar-refractivity contribution in [3.8, 4) is 11.5 Å². The van der Waals surface area contributed by atoms with Gasteiger partial charge in [-0.1, -0.05) is 34.8 Å². The molecule has 0 aliphatic carbocycles. The van der Waals surface area contributed by atoms with Crippen molar-refractivity contribution < 1.29 is 18.7 Å². The minimum Gasteiger partial charge on any atom is -0.454 e. The third kappa shape index (κ3) is 4.02. The lowest BCUT2D eigenvalue weighted by molar-refractivity contribution is -0.383. The highest BCUT2D eigenvalue weighted by Crippen LogP contribution is 2.40. The Bertz CT molecular complexity index is 820. The lowest BCUT2D eigenvalue weighted by Gasteiger charge is -2.13. The summed E-state index contributed by atoms with van der Waals surface area (Å²) >= 11 is 18.0. The van der Waals surface area contributed by atoms with Gasteiger partial charge in [0.1, 0.15) is 11.1 Å². The summed E-state index contributed by atoms with van der Waals surface area (Å²) in [6.07, 6.45) is 0. The summed E-state index contributed by atoms with van der Waals surface area (Å²) in [5, 5.41) is 11.8. The Morgan fingerprint density at radius 1 is 1.12 bits per heavy atom. The largest absolute Gasteiger partial charge is 0.454 e. The Hall–Kier alpha value is -1.30. The van der Waals surface area contributed by atoms with Gasteiger partial charge in [0.2, 0.25) is 8.03 Å². The van der Waals surface area contributed by atoms with Crippen molar-refractivity contribution in [2.24, 2.45) is 0 Å². The van der Waals surface area contributed by atoms with E-state index in [2.05, 4.69) is 0 Å². The van der Waals surface area contributed by atoms with Crippen LogP contribution in [0.5, 0.6) is 11.5 Å². The van der Waals surface area contributed by atoms with Crippen molar-refractivity contribution in [3.63, 3.8) is 0 Å². The molecular formula is C14H11Cl3NO5P. The first-order valence-electron chi connectivity index (χ1n) is 6.44. The molecular weight excluding hydrogens is 399 g/mol. The van der Waals surface area contributed by atoms with Crippen LogP contribution in [0.2, 0.25) is 15.1 Å². The Morgan fingerprint density at radius 3 is 2.21 bits per heavy atom. The fourth-order valence-electron chi connectivity index (χ4n) is 1.94. The van der Waals surface area contributed by atoms with Gasteiger partial charge in [-0.3, -0.25) is 14.7 Å². The molecule has 10 heteroatoms. The highest BCUT2D eigenvalue weighted by Gasteiger charge is 2.23. The van der Waals surface area contributed by atoms with Crippen LogP contribution in [-0.4, -0.2) is 12.0 Å². The molecule has 0 saturated carbocycles. The van der Waals surface area contributed by atoms with E-state index in [4.69, 9.17) is 44.1 Å². The van der Waals surface area contributed by atoms with Crippen molar-refractivity contribution in [1.82, 2.24) is 0 Å². The molecule has 2 aromatic carbocycles. The maximum Gasteiger partial charge on any atom is 0.282 e. The van der Waals surface area contributed by atoms with E-state index in [1.54, 1.807) is 6.92 Å². The Labute approximate surface area is 153 Å². The predicted octanol–water partition coefficient (Wildman–Crippen LogP) is 5.40. The Balaban J connectivity index is 2.56. The summed E-state index contributed by atoms with van der Waals surface area (Å²) in [5.74, 6) is 0.361. The summed E-state index contributed by atoms with van der Waals surface area (Å²) in [4.78, 5) is 10.5. The smallest absolute Gasteiger partial charge is 0.282 e. The fourth-order valence-corrected chi connectivity index (χ4v) is 3.68. The molecule has 1 unspecified atom stereocenters. The minimum absolute atomic E-state index is 0.0608. The van der Waals surface area contributed by atoms with E-state index in [1.807, 2.05) is 0 Å². The molecule has 128 valence electrons. The number of ether oxygens (including phenoxy) is 1. The van der Waals surface area contributed by atoms with Crippen molar-refractivity contribution in [2.75, 3.05) is 7.11 Å². The molecule has 0 saturated heterocycles. The van der Waals surface area contributed by atoms with Crippen LogP contribution in [0.3, 0.4) is 0 Å². The molecule has 0 aromatic heterocycles. The van der Waals surface area contributed by atoms with Gasteiger partial charge in [0.05, 0.1) is 15.0 Å². The molecule has 6 nitrogen and oxygen atoms in total. The number of hydrogen-bond donors (Lipinski definition) is 0. The first kappa shape index (κ1) is 19.0. The van der Waals surface area contributed by atoms with Gasteiger partial charge in [-0.15, -0.1) is 0 Å². The van der Waals surface area contributed by atoms with Crippen molar-refractivity contribution in [1.29, 1.82) is 0 Å². The molecule has 2 rings (SSSR count). The average molecular weight is 411 g/mol. The van der Waals surface area contributed by atoms with Crippen LogP contribution >= 0.6 is 42.8 Å². The molecule has 0 spiro atoms. The molecule has 2 aromatic rings. The predicted molar refractivity (Wildman–Crippen MR) is 95.0 cm³/mol. The van der Waals surface area contributed by atoms with E-state index < -0.39 is 13.0 Å². The maximum absolute atomic E-state index is 12.0. The third-order valence-electron chi connectivity index (χ3n) is 3.07. The number of aryl methyl sites for hydroxylation is 1. The summed E-state index contributed by atoms with van der Waals surface area (Å²) in [5.41, 5.74) is 0.136. The van der Waals surface area contributed by atoms with Gasteiger partial charge >= 0.3 is 0 Å². The van der Waals surface area contributed by atoms with E-state index >= 15 is 0 Å². The van der Waals surface area contributed by atoms with Crippen LogP contribution in [0.15, 0.2) is 24.3 Å². The normalized spacial score (nSPS) is 12.0. The molecule has 0 radical (unpaired) electrons. The van der Waals surface area contributed by atoms with Crippen LogP contribution in [-0.2, 0) is 9.09 Å². The van der Waals surface area contributed by atoms with Gasteiger partial charge in [0.15, 0.2) is 5.75 Å². The standard InChI is InChI=1S/C14H11Cl3NO5P/c1-7-3-11(18(19)20)13(24(21)22-2)6-12(7)23-14-9(16)4-8(15)5-10(14)17/h3-6,24H,1-2H3. The van der Waals surface area contributed by atoms with E-state index in [1.165, 1.54) is 31.4 Å². The summed E-state index contributed by atoms with van der Waals surface area (Å²) in [7, 11) is -1.59. The fraction of sp³-hybridized carbons (Fsp3) is 0.143. The maximum atomic E-state index is 12.0. The van der Waals surface area contributed by atoms with Crippen LogP contribution in [0.25, 0.3) is 0 Å². The summed E-state index contributed by atoms with van der Waals surface area (Å²) in [6.45, 7) is 1.61. The average Bonchev–Trinajstić information content (AvgIpc) is 2.50. The van der Waals surface area contributed by atoms with Crippen molar-refractivity contribution >= 4 is 53.8 Å². The Morgan fingerprint density at radius 2 is 1.71 bits per heavy atom. The van der Waals surface area contributed by atoms with E-state index in [0.29, 0.717) is 10.6 Å². The number of nitro benzene ring substituents is 1. The number of benzene rings is 2. The zero-order valence-electron chi connectivity index (χ0n) is 12.4. The van der Waals surface area contributed by atoms with Crippen molar-refractivity contribution in [3.05, 3.63) is 55.0 Å². The van der Waals surface area contributed by atoms with Gasteiger partial charge < -0.3 is 9.26 Å². The third-order valence-corrected chi connectivity index (χ3v) is 5.06. The Kier molecular flexibility index (Phi) is 6.12. The van der Waals surface area contributed by atoms with Gasteiger partial charge in [-0.05, 0) is 24.6 Å². The first-order valence-corrected chi connectivity index (χ1v) is 8.89. The zero-order valence-corrected chi connectivity index (χ0v) is 15.7. The molecule has 0 amide bonds. The molecule has 0 bridgehead atoms. The van der Waals surface area contributed by atoms with Gasteiger partial charge in [0, 0.05) is 24.3 Å². The number of halogens is 3. The second-order valence-corrected chi connectivity index (χ2v) is 7.46.